The summed E-state index contributed by atoms with van der Waals surface area (Å²) < 4.78 is 37.7. The van der Waals surface area contributed by atoms with Gasteiger partial charge in [-0.3, -0.25) is 10.0 Å². The van der Waals surface area contributed by atoms with Gasteiger partial charge >= 0.3 is 6.18 Å². The topological polar surface area (TPSA) is 92.7 Å². The third-order valence-electron chi connectivity index (χ3n) is 3.60. The molecule has 0 aliphatic rings. The van der Waals surface area contributed by atoms with Crippen LogP contribution in [-0.2, 0) is 19.3 Å². The van der Waals surface area contributed by atoms with Crippen LogP contribution in [0.15, 0.2) is 48.5 Å². The Morgan fingerprint density at radius 3 is 1.81 bits per heavy atom. The van der Waals surface area contributed by atoms with E-state index in [2.05, 4.69) is 0 Å². The summed E-state index contributed by atoms with van der Waals surface area (Å²) >= 11 is 0. The van der Waals surface area contributed by atoms with Gasteiger partial charge in [-0.1, -0.05) is 24.3 Å². The van der Waals surface area contributed by atoms with E-state index in [4.69, 9.17) is 5.21 Å². The zero-order chi connectivity index (χ0) is 19.3. The molecule has 0 unspecified atom stereocenters. The molecule has 2 N–H and O–H groups in total. The second kappa shape index (κ2) is 7.87. The molecule has 2 amide bonds. The van der Waals surface area contributed by atoms with E-state index in [0.29, 0.717) is 11.1 Å². The fraction of sp³-hybridized carbons (Fsp3) is 0.176. The molecule has 0 bridgehead atoms. The molecule has 2 aromatic rings. The van der Waals surface area contributed by atoms with E-state index in [9.17, 15) is 27.9 Å². The van der Waals surface area contributed by atoms with Crippen molar-refractivity contribution in [1.29, 1.82) is 0 Å². The van der Waals surface area contributed by atoms with Gasteiger partial charge in [0.25, 0.3) is 5.91 Å². The summed E-state index contributed by atoms with van der Waals surface area (Å²) in [6.45, 7) is -0.232. The minimum absolute atomic E-state index is 0.0790. The molecule has 0 radical (unpaired) electrons. The van der Waals surface area contributed by atoms with Crippen molar-refractivity contribution in [3.8, 4) is 0 Å². The number of carboxylic acid groups (broad SMARTS) is 1. The maximum atomic E-state index is 12.6. The highest BCUT2D eigenvalue weighted by atomic mass is 19.4. The molecule has 0 atom stereocenters. The molecular weight excluding hydrogens is 353 g/mol. The van der Waals surface area contributed by atoms with Crippen LogP contribution in [-0.4, -0.2) is 22.1 Å². The molecule has 6 nitrogen and oxygen atoms in total. The maximum Gasteiger partial charge on any atom is 0.416 e. The van der Waals surface area contributed by atoms with E-state index in [0.717, 1.165) is 17.0 Å². The number of carbonyl (C=O) groups excluding carboxylic acids is 2. The summed E-state index contributed by atoms with van der Waals surface area (Å²) in [5.74, 6) is -0.710. The van der Waals surface area contributed by atoms with Gasteiger partial charge in [0.1, 0.15) is 6.09 Å². The summed E-state index contributed by atoms with van der Waals surface area (Å²) in [7, 11) is 0. The van der Waals surface area contributed by atoms with Gasteiger partial charge in [-0.15, -0.1) is 0 Å². The fourth-order valence-corrected chi connectivity index (χ4v) is 2.25. The highest BCUT2D eigenvalue weighted by molar-refractivity contribution is 5.93. The number of hydroxylamine groups is 1. The molecule has 2 aromatic carbocycles. The van der Waals surface area contributed by atoms with Crippen LogP contribution in [0.5, 0.6) is 0 Å². The van der Waals surface area contributed by atoms with Crippen molar-refractivity contribution < 1.29 is 33.1 Å². The van der Waals surface area contributed by atoms with Crippen LogP contribution in [0.4, 0.5) is 18.0 Å². The molecule has 0 heterocycles. The predicted octanol–water partition coefficient (Wildman–Crippen LogP) is 2.17. The number of hydrogen-bond acceptors (Lipinski definition) is 4. The Morgan fingerprint density at radius 2 is 1.42 bits per heavy atom. The molecule has 0 aliphatic carbocycles. The van der Waals surface area contributed by atoms with Crippen LogP contribution < -0.4 is 10.6 Å². The lowest BCUT2D eigenvalue weighted by molar-refractivity contribution is -0.267. The second-order valence-electron chi connectivity index (χ2n) is 5.45. The Hall–Kier alpha value is -3.07. The molecule has 0 fully saturated rings. The van der Waals surface area contributed by atoms with Crippen LogP contribution >= 0.6 is 0 Å². The Bertz CT molecular complexity index is 774. The first kappa shape index (κ1) is 19.3. The van der Waals surface area contributed by atoms with Crippen molar-refractivity contribution in [1.82, 2.24) is 10.4 Å². The van der Waals surface area contributed by atoms with Gasteiger partial charge in [-0.25, -0.2) is 5.48 Å². The van der Waals surface area contributed by atoms with Crippen LogP contribution in [0, 0.1) is 0 Å². The molecule has 0 saturated heterocycles. The van der Waals surface area contributed by atoms with E-state index in [1.165, 1.54) is 41.9 Å². The van der Waals surface area contributed by atoms with Crippen LogP contribution in [0.1, 0.15) is 27.0 Å². The third-order valence-corrected chi connectivity index (χ3v) is 3.60. The first-order valence-corrected chi connectivity index (χ1v) is 7.36. The quantitative estimate of drug-likeness (QED) is 0.626. The Balaban J connectivity index is 2.09. The van der Waals surface area contributed by atoms with Crippen molar-refractivity contribution in [3.63, 3.8) is 0 Å². The Morgan fingerprint density at radius 1 is 0.962 bits per heavy atom. The average Bonchev–Trinajstić information content (AvgIpc) is 2.60. The minimum atomic E-state index is -4.46. The molecule has 9 heteroatoms. The van der Waals surface area contributed by atoms with Crippen LogP contribution in [0.2, 0.25) is 0 Å². The fourth-order valence-electron chi connectivity index (χ4n) is 2.25. The largest absolute Gasteiger partial charge is 0.530 e. The molecule has 26 heavy (non-hydrogen) atoms. The van der Waals surface area contributed by atoms with Gasteiger partial charge in [0.2, 0.25) is 0 Å². The lowest BCUT2D eigenvalue weighted by atomic mass is 10.1. The lowest BCUT2D eigenvalue weighted by Gasteiger charge is -2.25. The SMILES string of the molecule is O=C(NO)c1ccc(CN(Cc2ccc(C(F)(F)F)cc2)C(=O)[O-])cc1. The van der Waals surface area contributed by atoms with Crippen molar-refractivity contribution >= 4 is 12.0 Å². The number of nitrogens with one attached hydrogen (secondary N) is 1. The smallest absolute Gasteiger partial charge is 0.416 e. The maximum absolute atomic E-state index is 12.6. The van der Waals surface area contributed by atoms with E-state index in [-0.39, 0.29) is 18.7 Å². The lowest BCUT2D eigenvalue weighted by Crippen LogP contribution is -2.40. The van der Waals surface area contributed by atoms with Gasteiger partial charge < -0.3 is 14.8 Å². The Labute approximate surface area is 146 Å². The number of carbonyl (C=O) groups is 2. The van der Waals surface area contributed by atoms with Crippen LogP contribution in [0.3, 0.4) is 0 Å². The summed E-state index contributed by atoms with van der Waals surface area (Å²) in [6.07, 6.45) is -5.95. The van der Waals surface area contributed by atoms with E-state index < -0.39 is 23.7 Å². The van der Waals surface area contributed by atoms with Gasteiger partial charge in [0.15, 0.2) is 0 Å². The summed E-state index contributed by atoms with van der Waals surface area (Å²) in [6, 6.07) is 9.94. The predicted molar refractivity (Wildman–Crippen MR) is 81.8 cm³/mol. The second-order valence-corrected chi connectivity index (χ2v) is 5.45. The van der Waals surface area contributed by atoms with E-state index in [1.54, 1.807) is 0 Å². The first-order valence-electron chi connectivity index (χ1n) is 7.36. The molecule has 0 spiro atoms. The molecule has 0 aliphatic heterocycles. The number of benzene rings is 2. The summed E-state index contributed by atoms with van der Waals surface area (Å²) in [5, 5.41) is 19.8. The zero-order valence-corrected chi connectivity index (χ0v) is 13.3. The molecule has 0 aromatic heterocycles. The molecule has 0 saturated carbocycles. The zero-order valence-electron chi connectivity index (χ0n) is 13.3. The standard InChI is InChI=1S/C17H15F3N2O4/c18-17(19,20)14-7-3-12(4-8-14)10-22(16(24)25)9-11-1-5-13(6-2-11)15(23)21-26/h1-8,26H,9-10H2,(H,21,23)(H,24,25)/p-1. The Kier molecular flexibility index (Phi) is 5.83. The van der Waals surface area contributed by atoms with Crippen molar-refractivity contribution in [2.75, 3.05) is 0 Å². The number of alkyl halides is 3. The molecular formula is C17H14F3N2O4-. The highest BCUT2D eigenvalue weighted by Crippen LogP contribution is 2.29. The van der Waals surface area contributed by atoms with Crippen molar-refractivity contribution in [2.45, 2.75) is 19.3 Å². The minimum Gasteiger partial charge on any atom is -0.530 e. The third kappa shape index (κ3) is 4.96. The van der Waals surface area contributed by atoms with E-state index >= 15 is 0 Å². The molecule has 2 rings (SSSR count). The summed E-state index contributed by atoms with van der Waals surface area (Å²) in [5.41, 5.74) is 1.74. The first-order chi connectivity index (χ1) is 12.2. The number of nitrogens with zero attached hydrogens (tertiary/aromatic N) is 1. The number of amides is 2. The van der Waals surface area contributed by atoms with Crippen molar-refractivity contribution in [3.05, 3.63) is 70.8 Å². The number of hydrogen-bond donors (Lipinski definition) is 2. The average molecular weight is 367 g/mol. The van der Waals surface area contributed by atoms with Gasteiger partial charge in [0, 0.05) is 18.7 Å². The van der Waals surface area contributed by atoms with Gasteiger partial charge in [0.05, 0.1) is 5.56 Å². The number of halogens is 3. The normalized spacial score (nSPS) is 11.1. The van der Waals surface area contributed by atoms with Gasteiger partial charge in [-0.2, -0.15) is 13.2 Å². The number of rotatable bonds is 5. The van der Waals surface area contributed by atoms with Crippen molar-refractivity contribution in [2.24, 2.45) is 0 Å². The monoisotopic (exact) mass is 367 g/mol. The van der Waals surface area contributed by atoms with Gasteiger partial charge in [-0.05, 0) is 35.4 Å². The van der Waals surface area contributed by atoms with Crippen LogP contribution in [0.25, 0.3) is 0 Å². The highest BCUT2D eigenvalue weighted by Gasteiger charge is 2.29. The summed E-state index contributed by atoms with van der Waals surface area (Å²) in [4.78, 5) is 23.5. The molecule has 138 valence electrons. The van der Waals surface area contributed by atoms with E-state index in [1.807, 2.05) is 0 Å².